The van der Waals surface area contributed by atoms with Gasteiger partial charge < -0.3 is 15.4 Å². The Balaban J connectivity index is 1.31. The Hall–Kier alpha value is -1.79. The molecule has 1 aliphatic heterocycles. The van der Waals surface area contributed by atoms with E-state index in [9.17, 15) is 13.2 Å². The van der Waals surface area contributed by atoms with Gasteiger partial charge in [0.1, 0.15) is 0 Å². The summed E-state index contributed by atoms with van der Waals surface area (Å²) in [6.45, 7) is 4.86. The van der Waals surface area contributed by atoms with Crippen molar-refractivity contribution in [1.29, 1.82) is 0 Å². The number of amides is 2. The van der Waals surface area contributed by atoms with Gasteiger partial charge in [0.25, 0.3) is 0 Å². The predicted molar refractivity (Wildman–Crippen MR) is 140 cm³/mol. The van der Waals surface area contributed by atoms with Crippen molar-refractivity contribution in [2.45, 2.75) is 70.3 Å². The van der Waals surface area contributed by atoms with E-state index in [-0.39, 0.29) is 17.8 Å². The van der Waals surface area contributed by atoms with Gasteiger partial charge in [-0.25, -0.2) is 13.2 Å². The lowest BCUT2D eigenvalue weighted by Crippen LogP contribution is -2.45. The first kappa shape index (κ1) is 28.8. The van der Waals surface area contributed by atoms with Crippen LogP contribution in [0.1, 0.15) is 64.2 Å². The standard InChI is InChI=1S/C25H43N5O5S/c31-25(28-23-11-14-26-15-12-23)27-13-7-2-1-3-8-22-36(32,33)30(24-9-5-4-6-10-24)35-21-18-29-16-19-34-20-17-29/h11-12,14-15,24H,1-10,13,16-22H2,(H2,26,27,28,31). The molecular weight excluding hydrogens is 482 g/mol. The van der Waals surface area contributed by atoms with Crippen LogP contribution in [0.4, 0.5) is 10.5 Å². The second-order valence-corrected chi connectivity index (χ2v) is 11.5. The molecule has 2 fully saturated rings. The molecule has 2 N–H and O–H groups in total. The number of rotatable bonds is 15. The fourth-order valence-electron chi connectivity index (χ4n) is 4.63. The third-order valence-corrected chi connectivity index (χ3v) is 8.44. The van der Waals surface area contributed by atoms with E-state index in [1.807, 2.05) is 0 Å². The Morgan fingerprint density at radius 1 is 1.06 bits per heavy atom. The van der Waals surface area contributed by atoms with Crippen molar-refractivity contribution >= 4 is 21.7 Å². The third kappa shape index (κ3) is 10.7. The number of aromatic nitrogens is 1. The van der Waals surface area contributed by atoms with E-state index in [2.05, 4.69) is 20.5 Å². The van der Waals surface area contributed by atoms with Gasteiger partial charge in [0.05, 0.1) is 31.6 Å². The summed E-state index contributed by atoms with van der Waals surface area (Å²) in [6, 6.07) is 3.19. The van der Waals surface area contributed by atoms with Gasteiger partial charge >= 0.3 is 6.03 Å². The first-order valence-corrected chi connectivity index (χ1v) is 15.1. The molecule has 1 aromatic rings. The van der Waals surface area contributed by atoms with Crippen molar-refractivity contribution < 1.29 is 22.8 Å². The van der Waals surface area contributed by atoms with Gasteiger partial charge in [0, 0.05) is 44.3 Å². The Kier molecular flexibility index (Phi) is 12.9. The molecule has 0 atom stereocenters. The van der Waals surface area contributed by atoms with Crippen molar-refractivity contribution in [1.82, 2.24) is 19.7 Å². The molecule has 1 saturated heterocycles. The number of hydrogen-bond donors (Lipinski definition) is 2. The maximum atomic E-state index is 13.2. The highest BCUT2D eigenvalue weighted by molar-refractivity contribution is 7.88. The number of anilines is 1. The number of unbranched alkanes of at least 4 members (excludes halogenated alkanes) is 4. The number of ether oxygens (including phenoxy) is 1. The monoisotopic (exact) mass is 525 g/mol. The number of pyridine rings is 1. The predicted octanol–water partition coefficient (Wildman–Crippen LogP) is 3.38. The Labute approximate surface area is 216 Å². The number of sulfonamides is 1. The lowest BCUT2D eigenvalue weighted by molar-refractivity contribution is -0.126. The van der Waals surface area contributed by atoms with Crippen LogP contribution < -0.4 is 10.6 Å². The number of nitrogens with zero attached hydrogens (tertiary/aromatic N) is 3. The zero-order chi connectivity index (χ0) is 25.5. The van der Waals surface area contributed by atoms with E-state index in [4.69, 9.17) is 9.57 Å². The van der Waals surface area contributed by atoms with E-state index in [1.54, 1.807) is 24.5 Å². The average molecular weight is 526 g/mol. The normalized spacial score (nSPS) is 17.8. The minimum atomic E-state index is -3.47. The molecule has 2 amide bonds. The first-order valence-electron chi connectivity index (χ1n) is 13.4. The lowest BCUT2D eigenvalue weighted by atomic mass is 9.96. The Morgan fingerprint density at radius 3 is 2.50 bits per heavy atom. The van der Waals surface area contributed by atoms with Crippen molar-refractivity contribution in [3.05, 3.63) is 24.5 Å². The molecule has 0 unspecified atom stereocenters. The molecular formula is C25H43N5O5S. The van der Waals surface area contributed by atoms with Gasteiger partial charge in [-0.05, 0) is 37.8 Å². The van der Waals surface area contributed by atoms with Crippen molar-refractivity contribution in [3.8, 4) is 0 Å². The molecule has 0 spiro atoms. The molecule has 204 valence electrons. The summed E-state index contributed by atoms with van der Waals surface area (Å²) in [5.41, 5.74) is 0.705. The number of carbonyl (C=O) groups is 1. The van der Waals surface area contributed by atoms with Gasteiger partial charge in [-0.3, -0.25) is 14.7 Å². The molecule has 10 nitrogen and oxygen atoms in total. The maximum Gasteiger partial charge on any atom is 0.319 e. The smallest absolute Gasteiger partial charge is 0.319 e. The van der Waals surface area contributed by atoms with Crippen LogP contribution in [0.2, 0.25) is 0 Å². The summed E-state index contributed by atoms with van der Waals surface area (Å²) in [7, 11) is -3.47. The fraction of sp³-hybridized carbons (Fsp3) is 0.760. The van der Waals surface area contributed by atoms with Crippen LogP contribution in [0.3, 0.4) is 0 Å². The summed E-state index contributed by atoms with van der Waals surface area (Å²) >= 11 is 0. The van der Waals surface area contributed by atoms with E-state index in [0.717, 1.165) is 84.2 Å². The molecule has 2 heterocycles. The average Bonchev–Trinajstić information content (AvgIpc) is 2.89. The van der Waals surface area contributed by atoms with Crippen LogP contribution in [-0.4, -0.2) is 86.6 Å². The molecule has 1 aromatic heterocycles. The van der Waals surface area contributed by atoms with Crippen LogP contribution in [0.15, 0.2) is 24.5 Å². The summed E-state index contributed by atoms with van der Waals surface area (Å²) in [6.07, 6.45) is 12.5. The molecule has 3 rings (SSSR count). The van der Waals surface area contributed by atoms with E-state index in [1.165, 1.54) is 10.9 Å². The van der Waals surface area contributed by atoms with Crippen LogP contribution in [0, 0.1) is 0 Å². The van der Waals surface area contributed by atoms with Crippen LogP contribution in [0.5, 0.6) is 0 Å². The molecule has 11 heteroatoms. The highest BCUT2D eigenvalue weighted by Gasteiger charge is 2.32. The minimum Gasteiger partial charge on any atom is -0.379 e. The van der Waals surface area contributed by atoms with Gasteiger partial charge in [-0.2, -0.15) is 0 Å². The number of morpholine rings is 1. The number of hydrogen-bond acceptors (Lipinski definition) is 7. The summed E-state index contributed by atoms with van der Waals surface area (Å²) in [4.78, 5) is 24.0. The first-order chi connectivity index (χ1) is 17.5. The number of hydroxylamine groups is 1. The highest BCUT2D eigenvalue weighted by atomic mass is 32.2. The minimum absolute atomic E-state index is 0.0437. The van der Waals surface area contributed by atoms with Crippen molar-refractivity contribution in [3.63, 3.8) is 0 Å². The third-order valence-electron chi connectivity index (χ3n) is 6.68. The highest BCUT2D eigenvalue weighted by Crippen LogP contribution is 2.26. The zero-order valence-corrected chi connectivity index (χ0v) is 22.2. The zero-order valence-electron chi connectivity index (χ0n) is 21.4. The Morgan fingerprint density at radius 2 is 1.75 bits per heavy atom. The maximum absolute atomic E-state index is 13.2. The molecule has 2 aliphatic rings. The second kappa shape index (κ2) is 16.1. The Bertz CT molecular complexity index is 846. The molecule has 36 heavy (non-hydrogen) atoms. The molecule has 1 saturated carbocycles. The quantitative estimate of drug-likeness (QED) is 0.267. The molecule has 1 aliphatic carbocycles. The lowest BCUT2D eigenvalue weighted by Gasteiger charge is -2.33. The summed E-state index contributed by atoms with van der Waals surface area (Å²) < 4.78 is 33.1. The van der Waals surface area contributed by atoms with Gasteiger partial charge in [0.2, 0.25) is 10.0 Å². The van der Waals surface area contributed by atoms with Crippen LogP contribution >= 0.6 is 0 Å². The van der Waals surface area contributed by atoms with Gasteiger partial charge in [-0.1, -0.05) is 43.0 Å². The molecule has 0 aromatic carbocycles. The molecule has 0 bridgehead atoms. The summed E-state index contributed by atoms with van der Waals surface area (Å²) in [5.74, 6) is 0.119. The molecule has 0 radical (unpaired) electrons. The summed E-state index contributed by atoms with van der Waals surface area (Å²) in [5, 5.41) is 5.60. The van der Waals surface area contributed by atoms with Gasteiger partial charge in [0.15, 0.2) is 0 Å². The second-order valence-electron chi connectivity index (χ2n) is 9.54. The van der Waals surface area contributed by atoms with Crippen molar-refractivity contribution in [2.75, 3.05) is 57.1 Å². The SMILES string of the molecule is O=C(NCCCCCCCS(=O)(=O)N(OCCN1CCOCC1)C1CCCCC1)Nc1ccncc1. The van der Waals surface area contributed by atoms with E-state index >= 15 is 0 Å². The number of carbonyl (C=O) groups excluding carboxylic acids is 1. The fourth-order valence-corrected chi connectivity index (χ4v) is 6.28. The largest absolute Gasteiger partial charge is 0.379 e. The van der Waals surface area contributed by atoms with Gasteiger partial charge in [-0.15, -0.1) is 0 Å². The van der Waals surface area contributed by atoms with E-state index in [0.29, 0.717) is 25.3 Å². The van der Waals surface area contributed by atoms with E-state index < -0.39 is 10.0 Å². The van der Waals surface area contributed by atoms with Crippen molar-refractivity contribution in [2.24, 2.45) is 0 Å². The number of nitrogens with one attached hydrogen (secondary N) is 2. The van der Waals surface area contributed by atoms with Crippen LogP contribution in [-0.2, 0) is 19.6 Å². The van der Waals surface area contributed by atoms with Crippen LogP contribution in [0.25, 0.3) is 0 Å². The number of urea groups is 1. The topological polar surface area (TPSA) is 113 Å².